The highest BCUT2D eigenvalue weighted by Gasteiger charge is 2.29. The van der Waals surface area contributed by atoms with Crippen molar-refractivity contribution in [2.75, 3.05) is 0 Å². The second kappa shape index (κ2) is 5.16. The summed E-state index contributed by atoms with van der Waals surface area (Å²) < 4.78 is 13.0. The molecule has 0 radical (unpaired) electrons. The van der Waals surface area contributed by atoms with Gasteiger partial charge in [-0.1, -0.05) is 12.1 Å². The van der Waals surface area contributed by atoms with Crippen LogP contribution in [0.15, 0.2) is 30.5 Å². The zero-order valence-corrected chi connectivity index (χ0v) is 11.2. The number of hydrogen-bond donors (Lipinski definition) is 2. The van der Waals surface area contributed by atoms with E-state index in [2.05, 4.69) is 4.98 Å². The molecule has 1 aromatic carbocycles. The second-order valence-corrected chi connectivity index (χ2v) is 5.28. The van der Waals surface area contributed by atoms with Gasteiger partial charge >= 0.3 is 5.97 Å². The molecule has 1 aliphatic rings. The van der Waals surface area contributed by atoms with Crippen molar-refractivity contribution in [2.24, 2.45) is 0 Å². The van der Waals surface area contributed by atoms with Crippen molar-refractivity contribution in [3.05, 3.63) is 58.7 Å². The molecular weight excluding hydrogens is 273 g/mol. The number of hydrogen-bond acceptors (Lipinski definition) is 2. The molecule has 0 bridgehead atoms. The lowest BCUT2D eigenvalue weighted by molar-refractivity contribution is 0.0692. The van der Waals surface area contributed by atoms with Gasteiger partial charge in [0.1, 0.15) is 5.82 Å². The van der Waals surface area contributed by atoms with E-state index in [1.807, 2.05) is 0 Å². The lowest BCUT2D eigenvalue weighted by Crippen LogP contribution is -2.09. The van der Waals surface area contributed by atoms with Gasteiger partial charge in [-0.25, -0.2) is 9.18 Å². The summed E-state index contributed by atoms with van der Waals surface area (Å²) in [6.45, 7) is 0. The summed E-state index contributed by atoms with van der Waals surface area (Å²) in [6.07, 6.45) is 2.96. The van der Waals surface area contributed by atoms with Crippen molar-refractivity contribution < 1.29 is 19.1 Å². The number of aromatic amines is 1. The molecule has 2 N–H and O–H groups in total. The predicted molar refractivity (Wildman–Crippen MR) is 74.2 cm³/mol. The number of aromatic nitrogens is 1. The summed E-state index contributed by atoms with van der Waals surface area (Å²) in [5.41, 5.74) is 1.93. The van der Waals surface area contributed by atoms with Gasteiger partial charge in [0, 0.05) is 18.3 Å². The predicted octanol–water partition coefficient (Wildman–Crippen LogP) is 3.15. The molecule has 108 valence electrons. The summed E-state index contributed by atoms with van der Waals surface area (Å²) in [5, 5.41) is 9.14. The number of carbonyl (C=O) groups excluding carboxylic acids is 1. The van der Waals surface area contributed by atoms with E-state index < -0.39 is 5.97 Å². The molecule has 0 saturated heterocycles. The third kappa shape index (κ3) is 2.46. The molecular formula is C16H14FNO3. The third-order valence-electron chi connectivity index (χ3n) is 3.99. The summed E-state index contributed by atoms with van der Waals surface area (Å²) in [4.78, 5) is 26.4. The number of carboxylic acid groups (broad SMARTS) is 1. The highest BCUT2D eigenvalue weighted by Crippen LogP contribution is 2.32. The fourth-order valence-corrected chi connectivity index (χ4v) is 2.92. The molecule has 1 heterocycles. The zero-order chi connectivity index (χ0) is 15.0. The molecule has 0 amide bonds. The largest absolute Gasteiger partial charge is 0.478 e. The van der Waals surface area contributed by atoms with E-state index >= 15 is 0 Å². The average Bonchev–Trinajstić information content (AvgIpc) is 2.81. The molecule has 21 heavy (non-hydrogen) atoms. The number of Topliss-reactive ketones (excluding diaryl/α,β-unsaturated/α-hetero) is 1. The van der Waals surface area contributed by atoms with Crippen LogP contribution in [0.5, 0.6) is 0 Å². The quantitative estimate of drug-likeness (QED) is 0.833. The monoisotopic (exact) mass is 287 g/mol. The molecule has 0 fully saturated rings. The van der Waals surface area contributed by atoms with E-state index in [0.29, 0.717) is 17.7 Å². The lowest BCUT2D eigenvalue weighted by Gasteiger charge is -2.13. The molecule has 0 aliphatic heterocycles. The minimum atomic E-state index is -1.10. The normalized spacial score (nSPS) is 18.1. The molecule has 1 aliphatic carbocycles. The van der Waals surface area contributed by atoms with Crippen LogP contribution in [-0.4, -0.2) is 21.8 Å². The third-order valence-corrected chi connectivity index (χ3v) is 3.99. The van der Waals surface area contributed by atoms with Crippen LogP contribution in [0.4, 0.5) is 4.39 Å². The maximum absolute atomic E-state index is 13.0. The Kier molecular flexibility index (Phi) is 3.33. The van der Waals surface area contributed by atoms with Crippen molar-refractivity contribution >= 4 is 11.8 Å². The Morgan fingerprint density at radius 3 is 2.67 bits per heavy atom. The minimum absolute atomic E-state index is 0.0134. The topological polar surface area (TPSA) is 70.2 Å². The number of carbonyl (C=O) groups is 2. The van der Waals surface area contributed by atoms with Gasteiger partial charge in [0.05, 0.1) is 11.1 Å². The van der Waals surface area contributed by atoms with Gasteiger partial charge in [0.2, 0.25) is 0 Å². The number of aryl methyl sites for hydroxylation is 1. The van der Waals surface area contributed by atoms with Crippen LogP contribution < -0.4 is 0 Å². The molecule has 5 heteroatoms. The second-order valence-electron chi connectivity index (χ2n) is 5.28. The van der Waals surface area contributed by atoms with Gasteiger partial charge in [-0.3, -0.25) is 4.79 Å². The Hall–Kier alpha value is -2.43. The van der Waals surface area contributed by atoms with Crippen molar-refractivity contribution in [3.8, 4) is 0 Å². The maximum atomic E-state index is 13.0. The summed E-state index contributed by atoms with van der Waals surface area (Å²) in [7, 11) is 0. The van der Waals surface area contributed by atoms with Crippen molar-refractivity contribution in [1.82, 2.24) is 4.98 Å². The van der Waals surface area contributed by atoms with Gasteiger partial charge < -0.3 is 10.1 Å². The van der Waals surface area contributed by atoms with Gasteiger partial charge in [-0.2, -0.15) is 0 Å². The van der Waals surface area contributed by atoms with Gasteiger partial charge in [0.25, 0.3) is 0 Å². The molecule has 1 aromatic heterocycles. The van der Waals surface area contributed by atoms with Gasteiger partial charge in [-0.05, 0) is 36.5 Å². The number of fused-ring (bicyclic) bond motifs is 1. The Morgan fingerprint density at radius 2 is 2.00 bits per heavy atom. The Balaban J connectivity index is 1.91. The summed E-state index contributed by atoms with van der Waals surface area (Å²) in [6, 6.07) is 6.13. The van der Waals surface area contributed by atoms with E-state index in [9.17, 15) is 14.0 Å². The van der Waals surface area contributed by atoms with Crippen LogP contribution in [0.2, 0.25) is 0 Å². The number of H-pyrrole nitrogens is 1. The SMILES string of the molecule is O=C(O)c1c[nH]c2c1C(=O)CC(c1ccc(F)cc1)CC2. The number of ketones is 1. The van der Waals surface area contributed by atoms with E-state index in [1.165, 1.54) is 18.3 Å². The van der Waals surface area contributed by atoms with Crippen molar-refractivity contribution in [3.63, 3.8) is 0 Å². The number of carboxylic acids is 1. The van der Waals surface area contributed by atoms with E-state index in [0.717, 1.165) is 12.0 Å². The molecule has 0 spiro atoms. The summed E-state index contributed by atoms with van der Waals surface area (Å²) >= 11 is 0. The zero-order valence-electron chi connectivity index (χ0n) is 11.2. The Morgan fingerprint density at radius 1 is 1.29 bits per heavy atom. The van der Waals surface area contributed by atoms with Crippen LogP contribution in [0, 0.1) is 5.82 Å². The van der Waals surface area contributed by atoms with E-state index in [-0.39, 0.29) is 29.5 Å². The lowest BCUT2D eigenvalue weighted by atomic mass is 9.90. The minimum Gasteiger partial charge on any atom is -0.478 e. The van der Waals surface area contributed by atoms with Crippen molar-refractivity contribution in [1.29, 1.82) is 0 Å². The highest BCUT2D eigenvalue weighted by molar-refractivity contribution is 6.07. The van der Waals surface area contributed by atoms with Crippen LogP contribution in [0.3, 0.4) is 0 Å². The first-order chi connectivity index (χ1) is 10.1. The molecule has 3 rings (SSSR count). The van der Waals surface area contributed by atoms with Crippen LogP contribution in [0.1, 0.15) is 50.7 Å². The molecule has 2 aromatic rings. The van der Waals surface area contributed by atoms with E-state index in [1.54, 1.807) is 12.1 Å². The number of rotatable bonds is 2. The first kappa shape index (κ1) is 13.5. The number of benzene rings is 1. The van der Waals surface area contributed by atoms with E-state index in [4.69, 9.17) is 5.11 Å². The van der Waals surface area contributed by atoms with Gasteiger partial charge in [-0.15, -0.1) is 0 Å². The van der Waals surface area contributed by atoms with Crippen LogP contribution in [0.25, 0.3) is 0 Å². The fourth-order valence-electron chi connectivity index (χ4n) is 2.92. The Labute approximate surface area is 120 Å². The number of halogens is 1. The molecule has 1 unspecified atom stereocenters. The number of aromatic carboxylic acids is 1. The first-order valence-corrected chi connectivity index (χ1v) is 6.78. The maximum Gasteiger partial charge on any atom is 0.337 e. The first-order valence-electron chi connectivity index (χ1n) is 6.78. The van der Waals surface area contributed by atoms with Crippen molar-refractivity contribution in [2.45, 2.75) is 25.2 Å². The smallest absolute Gasteiger partial charge is 0.337 e. The Bertz CT molecular complexity index is 703. The molecule has 0 saturated carbocycles. The number of nitrogens with one attached hydrogen (secondary N) is 1. The fraction of sp³-hybridized carbons (Fsp3) is 0.250. The van der Waals surface area contributed by atoms with Crippen LogP contribution in [-0.2, 0) is 6.42 Å². The van der Waals surface area contributed by atoms with Crippen LogP contribution >= 0.6 is 0 Å². The standard InChI is InChI=1S/C16H14FNO3/c17-11-4-1-9(2-5-11)10-3-6-13-15(14(19)7-10)12(8-18-13)16(20)21/h1-2,4-5,8,10,18H,3,6-7H2,(H,20,21). The molecule has 1 atom stereocenters. The summed E-state index contributed by atoms with van der Waals surface area (Å²) in [5.74, 6) is -1.59. The highest BCUT2D eigenvalue weighted by atomic mass is 19.1. The average molecular weight is 287 g/mol. The van der Waals surface area contributed by atoms with Gasteiger partial charge in [0.15, 0.2) is 5.78 Å². The molecule has 4 nitrogen and oxygen atoms in total.